The molecule has 5 heteroatoms. The fourth-order valence-corrected chi connectivity index (χ4v) is 0.365. The van der Waals surface area contributed by atoms with Crippen LogP contribution >= 0.6 is 0 Å². The van der Waals surface area contributed by atoms with E-state index in [9.17, 15) is 9.59 Å². The Labute approximate surface area is 57.7 Å². The zero-order valence-corrected chi connectivity index (χ0v) is 5.50. The first-order chi connectivity index (χ1) is 4.57. The summed E-state index contributed by atoms with van der Waals surface area (Å²) in [5.74, 6) is -1.88. The molecule has 1 atom stereocenters. The monoisotopic (exact) mass is 147 g/mol. The predicted molar refractivity (Wildman–Crippen MR) is 32.3 cm³/mol. The van der Waals surface area contributed by atoms with E-state index in [0.29, 0.717) is 0 Å². The van der Waals surface area contributed by atoms with E-state index in [0.717, 1.165) is 0 Å². The maximum Gasteiger partial charge on any atom is 0.333 e. The van der Waals surface area contributed by atoms with Gasteiger partial charge in [0.25, 0.3) is 0 Å². The number of hydrogen-bond donors (Lipinski definition) is 3. The van der Waals surface area contributed by atoms with Crippen molar-refractivity contribution in [1.29, 1.82) is 0 Å². The molecule has 0 aromatic heterocycles. The fourth-order valence-electron chi connectivity index (χ4n) is 0.365. The van der Waals surface area contributed by atoms with Gasteiger partial charge < -0.3 is 15.5 Å². The van der Waals surface area contributed by atoms with Crippen LogP contribution in [0.15, 0.2) is 0 Å². The number of aliphatic hydroxyl groups excluding tert-OH is 1. The van der Waals surface area contributed by atoms with Crippen LogP contribution in [0.25, 0.3) is 0 Å². The number of nitrogens with one attached hydrogen (secondary N) is 1. The third-order valence-corrected chi connectivity index (χ3v) is 0.943. The summed E-state index contributed by atoms with van der Waals surface area (Å²) in [6.07, 6.45) is -1.99. The van der Waals surface area contributed by atoms with E-state index in [4.69, 9.17) is 10.2 Å². The van der Waals surface area contributed by atoms with Gasteiger partial charge in [0.1, 0.15) is 0 Å². The summed E-state index contributed by atoms with van der Waals surface area (Å²) < 4.78 is 0. The standard InChI is InChI=1S/C5H9NO4/c1-6-4(8)2-3(7)5(9)10/h3,7H,2H2,1H3,(H,6,8)(H,9,10). The second-order valence-electron chi connectivity index (χ2n) is 1.73. The number of hydrogen-bond acceptors (Lipinski definition) is 3. The summed E-state index contributed by atoms with van der Waals surface area (Å²) >= 11 is 0. The largest absolute Gasteiger partial charge is 0.479 e. The van der Waals surface area contributed by atoms with E-state index in [2.05, 4.69) is 5.32 Å². The van der Waals surface area contributed by atoms with Gasteiger partial charge in [0, 0.05) is 7.05 Å². The molecule has 3 N–H and O–H groups in total. The van der Waals surface area contributed by atoms with Crippen molar-refractivity contribution in [1.82, 2.24) is 5.32 Å². The molecular formula is C5H9NO4. The number of rotatable bonds is 3. The van der Waals surface area contributed by atoms with Crippen LogP contribution in [0.4, 0.5) is 0 Å². The maximum absolute atomic E-state index is 10.4. The molecule has 0 spiro atoms. The van der Waals surface area contributed by atoms with Gasteiger partial charge in [-0.3, -0.25) is 4.79 Å². The average Bonchev–Trinajstić information content (AvgIpc) is 1.87. The minimum absolute atomic E-state index is 0.397. The highest BCUT2D eigenvalue weighted by atomic mass is 16.4. The van der Waals surface area contributed by atoms with Gasteiger partial charge in [-0.2, -0.15) is 0 Å². The molecule has 0 aliphatic heterocycles. The van der Waals surface area contributed by atoms with E-state index >= 15 is 0 Å². The highest BCUT2D eigenvalue weighted by Crippen LogP contribution is 1.89. The number of carboxylic acids is 1. The minimum atomic E-state index is -1.60. The van der Waals surface area contributed by atoms with Crippen LogP contribution in [0.5, 0.6) is 0 Å². The summed E-state index contributed by atoms with van der Waals surface area (Å²) in [7, 11) is 1.37. The summed E-state index contributed by atoms with van der Waals surface area (Å²) in [6.45, 7) is 0. The van der Waals surface area contributed by atoms with E-state index in [1.54, 1.807) is 0 Å². The zero-order valence-electron chi connectivity index (χ0n) is 5.50. The fraction of sp³-hybridized carbons (Fsp3) is 0.600. The van der Waals surface area contributed by atoms with Crippen molar-refractivity contribution in [2.45, 2.75) is 12.5 Å². The van der Waals surface area contributed by atoms with Gasteiger partial charge in [-0.1, -0.05) is 0 Å². The van der Waals surface area contributed by atoms with Crippen LogP contribution in [0.2, 0.25) is 0 Å². The third kappa shape index (κ3) is 3.03. The van der Waals surface area contributed by atoms with Gasteiger partial charge in [-0.05, 0) is 0 Å². The molecule has 0 saturated carbocycles. The summed E-state index contributed by atoms with van der Waals surface area (Å²) in [4.78, 5) is 20.3. The number of carbonyl (C=O) groups is 2. The van der Waals surface area contributed by atoms with Crippen LogP contribution in [0.1, 0.15) is 6.42 Å². The molecule has 0 heterocycles. The topological polar surface area (TPSA) is 86.6 Å². The van der Waals surface area contributed by atoms with E-state index in [1.807, 2.05) is 0 Å². The van der Waals surface area contributed by atoms with Gasteiger partial charge in [0.15, 0.2) is 6.10 Å². The Bertz CT molecular complexity index is 145. The number of carboxylic acid groups (broad SMARTS) is 1. The van der Waals surface area contributed by atoms with Gasteiger partial charge in [-0.15, -0.1) is 0 Å². The number of aliphatic carboxylic acids is 1. The molecule has 5 nitrogen and oxygen atoms in total. The predicted octanol–water partition coefficient (Wildman–Crippen LogP) is -1.43. The highest BCUT2D eigenvalue weighted by molar-refractivity contribution is 5.83. The first kappa shape index (κ1) is 8.90. The maximum atomic E-state index is 10.4. The average molecular weight is 147 g/mol. The lowest BCUT2D eigenvalue weighted by Gasteiger charge is -2.02. The number of amides is 1. The van der Waals surface area contributed by atoms with Crippen LogP contribution in [0.3, 0.4) is 0 Å². The molecule has 1 unspecified atom stereocenters. The van der Waals surface area contributed by atoms with Crippen molar-refractivity contribution in [2.75, 3.05) is 7.05 Å². The molecule has 0 aromatic rings. The third-order valence-electron chi connectivity index (χ3n) is 0.943. The zero-order chi connectivity index (χ0) is 8.15. The van der Waals surface area contributed by atoms with E-state index in [-0.39, 0.29) is 0 Å². The van der Waals surface area contributed by atoms with Crippen LogP contribution in [0, 0.1) is 0 Å². The van der Waals surface area contributed by atoms with Crippen molar-refractivity contribution in [3.63, 3.8) is 0 Å². The lowest BCUT2D eigenvalue weighted by atomic mass is 10.2. The van der Waals surface area contributed by atoms with Crippen molar-refractivity contribution in [3.8, 4) is 0 Å². The smallest absolute Gasteiger partial charge is 0.333 e. The second kappa shape index (κ2) is 3.84. The minimum Gasteiger partial charge on any atom is -0.479 e. The number of aliphatic hydroxyl groups is 1. The lowest BCUT2D eigenvalue weighted by molar-refractivity contribution is -0.149. The SMILES string of the molecule is CNC(=O)CC(O)C(=O)O. The first-order valence-electron chi connectivity index (χ1n) is 2.69. The molecule has 0 radical (unpaired) electrons. The first-order valence-corrected chi connectivity index (χ1v) is 2.69. The van der Waals surface area contributed by atoms with Crippen molar-refractivity contribution < 1.29 is 19.8 Å². The summed E-state index contributed by atoms with van der Waals surface area (Å²) in [6, 6.07) is 0. The lowest BCUT2D eigenvalue weighted by Crippen LogP contribution is -2.28. The Kier molecular flexibility index (Phi) is 3.42. The normalized spacial score (nSPS) is 12.2. The molecular weight excluding hydrogens is 138 g/mol. The van der Waals surface area contributed by atoms with E-state index < -0.39 is 24.4 Å². The Hall–Kier alpha value is -1.10. The van der Waals surface area contributed by atoms with Gasteiger partial charge in [0.2, 0.25) is 5.91 Å². The molecule has 0 aliphatic rings. The van der Waals surface area contributed by atoms with Gasteiger partial charge >= 0.3 is 5.97 Å². The molecule has 10 heavy (non-hydrogen) atoms. The Morgan fingerprint density at radius 2 is 2.10 bits per heavy atom. The molecule has 0 saturated heterocycles. The molecule has 0 fully saturated rings. The van der Waals surface area contributed by atoms with Gasteiger partial charge in [0.05, 0.1) is 6.42 Å². The quantitative estimate of drug-likeness (QED) is 0.456. The van der Waals surface area contributed by atoms with Crippen molar-refractivity contribution >= 4 is 11.9 Å². The van der Waals surface area contributed by atoms with Crippen LogP contribution in [-0.2, 0) is 9.59 Å². The van der Waals surface area contributed by atoms with Crippen molar-refractivity contribution in [2.24, 2.45) is 0 Å². The second-order valence-corrected chi connectivity index (χ2v) is 1.73. The molecule has 1 amide bonds. The highest BCUT2D eigenvalue weighted by Gasteiger charge is 2.16. The molecule has 0 rings (SSSR count). The molecule has 0 bridgehead atoms. The molecule has 0 aliphatic carbocycles. The van der Waals surface area contributed by atoms with Crippen molar-refractivity contribution in [3.05, 3.63) is 0 Å². The van der Waals surface area contributed by atoms with Gasteiger partial charge in [-0.25, -0.2) is 4.79 Å². The Morgan fingerprint density at radius 3 is 2.40 bits per heavy atom. The Balaban J connectivity index is 3.68. The summed E-state index contributed by atoms with van der Waals surface area (Å²) in [5, 5.41) is 18.9. The van der Waals surface area contributed by atoms with E-state index in [1.165, 1.54) is 7.05 Å². The number of carbonyl (C=O) groups excluding carboxylic acids is 1. The summed E-state index contributed by atoms with van der Waals surface area (Å²) in [5.41, 5.74) is 0. The van der Waals surface area contributed by atoms with Crippen LogP contribution < -0.4 is 5.32 Å². The Morgan fingerprint density at radius 1 is 1.60 bits per heavy atom. The molecule has 58 valence electrons. The molecule has 0 aromatic carbocycles. The van der Waals surface area contributed by atoms with Crippen LogP contribution in [-0.4, -0.2) is 35.2 Å².